The van der Waals surface area contributed by atoms with E-state index in [2.05, 4.69) is 18.3 Å². The third-order valence-corrected chi connectivity index (χ3v) is 3.30. The molecule has 0 unspecified atom stereocenters. The maximum Gasteiger partial charge on any atom is 0.335 e. The first-order valence-corrected chi connectivity index (χ1v) is 6.51. The third kappa shape index (κ3) is 2.74. The van der Waals surface area contributed by atoms with Gasteiger partial charge in [0.2, 0.25) is 0 Å². The molecule has 4 nitrogen and oxygen atoms in total. The molecule has 2 rings (SSSR count). The maximum atomic E-state index is 10.9. The lowest BCUT2D eigenvalue weighted by molar-refractivity contribution is 0.0697. The Morgan fingerprint density at radius 3 is 2.65 bits per heavy atom. The van der Waals surface area contributed by atoms with Crippen molar-refractivity contribution in [2.45, 2.75) is 20.3 Å². The van der Waals surface area contributed by atoms with E-state index in [4.69, 9.17) is 10.8 Å². The van der Waals surface area contributed by atoms with E-state index in [9.17, 15) is 4.79 Å². The first kappa shape index (κ1) is 13.9. The number of nitrogen functional groups attached to an aromatic ring is 1. The Bertz CT molecular complexity index is 651. The van der Waals surface area contributed by atoms with Gasteiger partial charge in [0.25, 0.3) is 0 Å². The van der Waals surface area contributed by atoms with E-state index >= 15 is 0 Å². The number of nitrogens with two attached hydrogens (primary N) is 1. The standard InChI is InChI=1S/C16H18N2O2/c1-3-11-6-4-5-10(2)15(11)18-14-8-7-12(16(19)20)9-13(14)17/h4-9,18H,3,17H2,1-2H3,(H,19,20). The Balaban J connectivity index is 2.38. The van der Waals surface area contributed by atoms with Gasteiger partial charge in [-0.15, -0.1) is 0 Å². The van der Waals surface area contributed by atoms with E-state index in [1.807, 2.05) is 19.1 Å². The zero-order valence-corrected chi connectivity index (χ0v) is 11.6. The van der Waals surface area contributed by atoms with Gasteiger partial charge < -0.3 is 16.2 Å². The normalized spacial score (nSPS) is 10.3. The van der Waals surface area contributed by atoms with Crippen molar-refractivity contribution in [3.05, 3.63) is 53.1 Å². The molecule has 4 N–H and O–H groups in total. The molecule has 2 aromatic rings. The molecule has 0 bridgehead atoms. The molecule has 2 aromatic carbocycles. The van der Waals surface area contributed by atoms with E-state index in [1.54, 1.807) is 12.1 Å². The van der Waals surface area contributed by atoms with Gasteiger partial charge in [0.05, 0.1) is 16.9 Å². The predicted molar refractivity (Wildman–Crippen MR) is 81.7 cm³/mol. The summed E-state index contributed by atoms with van der Waals surface area (Å²) in [4.78, 5) is 10.9. The Hall–Kier alpha value is -2.49. The highest BCUT2D eigenvalue weighted by Crippen LogP contribution is 2.29. The topological polar surface area (TPSA) is 75.3 Å². The number of para-hydroxylation sites is 1. The van der Waals surface area contributed by atoms with Crippen molar-refractivity contribution in [3.63, 3.8) is 0 Å². The average Bonchev–Trinajstić information content (AvgIpc) is 2.42. The zero-order chi connectivity index (χ0) is 14.7. The molecule has 0 fully saturated rings. The van der Waals surface area contributed by atoms with E-state index < -0.39 is 5.97 Å². The smallest absolute Gasteiger partial charge is 0.335 e. The molecule has 0 radical (unpaired) electrons. The second-order valence-electron chi connectivity index (χ2n) is 4.69. The fourth-order valence-electron chi connectivity index (χ4n) is 2.15. The Kier molecular flexibility index (Phi) is 3.94. The van der Waals surface area contributed by atoms with Crippen molar-refractivity contribution in [1.82, 2.24) is 0 Å². The van der Waals surface area contributed by atoms with Crippen LogP contribution in [-0.2, 0) is 6.42 Å². The van der Waals surface area contributed by atoms with Crippen LogP contribution in [0, 0.1) is 6.92 Å². The lowest BCUT2D eigenvalue weighted by Crippen LogP contribution is -2.03. The summed E-state index contributed by atoms with van der Waals surface area (Å²) >= 11 is 0. The van der Waals surface area contributed by atoms with E-state index in [0.717, 1.165) is 23.4 Å². The molecule has 4 heteroatoms. The summed E-state index contributed by atoms with van der Waals surface area (Å²) in [5, 5.41) is 12.2. The number of hydrogen-bond acceptors (Lipinski definition) is 3. The van der Waals surface area contributed by atoms with Crippen LogP contribution in [0.15, 0.2) is 36.4 Å². The van der Waals surface area contributed by atoms with Crippen LogP contribution in [0.3, 0.4) is 0 Å². The number of benzene rings is 2. The largest absolute Gasteiger partial charge is 0.478 e. The molecule has 104 valence electrons. The second kappa shape index (κ2) is 5.65. The maximum absolute atomic E-state index is 10.9. The Labute approximate surface area is 118 Å². The summed E-state index contributed by atoms with van der Waals surface area (Å²) in [6.07, 6.45) is 0.914. The zero-order valence-electron chi connectivity index (χ0n) is 11.6. The molecule has 0 heterocycles. The number of nitrogens with one attached hydrogen (secondary N) is 1. The molecule has 0 aliphatic heterocycles. The number of rotatable bonds is 4. The minimum absolute atomic E-state index is 0.188. The number of carbonyl (C=O) groups is 1. The summed E-state index contributed by atoms with van der Waals surface area (Å²) in [6.45, 7) is 4.13. The molecule has 0 atom stereocenters. The van der Waals surface area contributed by atoms with Crippen molar-refractivity contribution in [3.8, 4) is 0 Å². The Morgan fingerprint density at radius 2 is 2.05 bits per heavy atom. The van der Waals surface area contributed by atoms with Crippen LogP contribution in [0.5, 0.6) is 0 Å². The number of anilines is 3. The van der Waals surface area contributed by atoms with Gasteiger partial charge in [0, 0.05) is 5.69 Å². The highest BCUT2D eigenvalue weighted by molar-refractivity contribution is 5.91. The molecule has 0 saturated carbocycles. The minimum Gasteiger partial charge on any atom is -0.478 e. The van der Waals surface area contributed by atoms with Crippen molar-refractivity contribution >= 4 is 23.0 Å². The minimum atomic E-state index is -0.978. The van der Waals surface area contributed by atoms with Gasteiger partial charge in [-0.1, -0.05) is 25.1 Å². The Morgan fingerprint density at radius 1 is 1.30 bits per heavy atom. The predicted octanol–water partition coefficient (Wildman–Crippen LogP) is 3.58. The molecule has 0 aromatic heterocycles. The van der Waals surface area contributed by atoms with Crippen LogP contribution in [0.2, 0.25) is 0 Å². The quantitative estimate of drug-likeness (QED) is 0.742. The van der Waals surface area contributed by atoms with Crippen LogP contribution >= 0.6 is 0 Å². The van der Waals surface area contributed by atoms with Gasteiger partial charge in [0.15, 0.2) is 0 Å². The summed E-state index contributed by atoms with van der Waals surface area (Å²) in [6, 6.07) is 10.8. The van der Waals surface area contributed by atoms with Gasteiger partial charge in [-0.2, -0.15) is 0 Å². The van der Waals surface area contributed by atoms with Crippen LogP contribution in [0.25, 0.3) is 0 Å². The van der Waals surface area contributed by atoms with Crippen molar-refractivity contribution in [2.75, 3.05) is 11.1 Å². The summed E-state index contributed by atoms with van der Waals surface area (Å²) < 4.78 is 0. The van der Waals surface area contributed by atoms with Gasteiger partial charge in [-0.3, -0.25) is 0 Å². The number of carboxylic acids is 1. The molecule has 0 saturated heterocycles. The second-order valence-corrected chi connectivity index (χ2v) is 4.69. The molecular formula is C16H18N2O2. The van der Waals surface area contributed by atoms with E-state index in [1.165, 1.54) is 11.6 Å². The summed E-state index contributed by atoms with van der Waals surface area (Å²) in [7, 11) is 0. The highest BCUT2D eigenvalue weighted by Gasteiger charge is 2.09. The summed E-state index contributed by atoms with van der Waals surface area (Å²) in [5.74, 6) is -0.978. The number of hydrogen-bond donors (Lipinski definition) is 3. The number of aromatic carboxylic acids is 1. The number of aryl methyl sites for hydroxylation is 2. The van der Waals surface area contributed by atoms with Crippen LogP contribution in [0.1, 0.15) is 28.4 Å². The van der Waals surface area contributed by atoms with Crippen molar-refractivity contribution < 1.29 is 9.90 Å². The van der Waals surface area contributed by atoms with Gasteiger partial charge in [-0.25, -0.2) is 4.79 Å². The third-order valence-electron chi connectivity index (χ3n) is 3.30. The molecule has 0 aliphatic carbocycles. The molecule has 0 amide bonds. The van der Waals surface area contributed by atoms with Gasteiger partial charge >= 0.3 is 5.97 Å². The van der Waals surface area contributed by atoms with Crippen molar-refractivity contribution in [1.29, 1.82) is 0 Å². The molecular weight excluding hydrogens is 252 g/mol. The lowest BCUT2D eigenvalue weighted by atomic mass is 10.0. The first-order chi connectivity index (χ1) is 9.52. The van der Waals surface area contributed by atoms with Crippen LogP contribution < -0.4 is 11.1 Å². The van der Waals surface area contributed by atoms with Gasteiger partial charge in [0.1, 0.15) is 0 Å². The fourth-order valence-corrected chi connectivity index (χ4v) is 2.15. The van der Waals surface area contributed by atoms with E-state index in [0.29, 0.717) is 5.69 Å². The summed E-state index contributed by atoms with van der Waals surface area (Å²) in [5.41, 5.74) is 10.6. The van der Waals surface area contributed by atoms with Gasteiger partial charge in [-0.05, 0) is 42.7 Å². The van der Waals surface area contributed by atoms with Crippen LogP contribution in [0.4, 0.5) is 17.1 Å². The monoisotopic (exact) mass is 270 g/mol. The van der Waals surface area contributed by atoms with Crippen LogP contribution in [-0.4, -0.2) is 11.1 Å². The van der Waals surface area contributed by atoms with Crippen molar-refractivity contribution in [2.24, 2.45) is 0 Å². The number of carboxylic acid groups (broad SMARTS) is 1. The molecule has 20 heavy (non-hydrogen) atoms. The first-order valence-electron chi connectivity index (χ1n) is 6.51. The highest BCUT2D eigenvalue weighted by atomic mass is 16.4. The molecule has 0 spiro atoms. The lowest BCUT2D eigenvalue weighted by Gasteiger charge is -2.15. The molecule has 0 aliphatic rings. The average molecular weight is 270 g/mol. The van der Waals surface area contributed by atoms with E-state index in [-0.39, 0.29) is 5.56 Å². The SMILES string of the molecule is CCc1cccc(C)c1Nc1ccc(C(=O)O)cc1N. The fraction of sp³-hybridized carbons (Fsp3) is 0.188.